The molecule has 0 saturated heterocycles. The van der Waals surface area contributed by atoms with Crippen LogP contribution < -0.4 is 15.8 Å². The van der Waals surface area contributed by atoms with Crippen molar-refractivity contribution in [3.8, 4) is 0 Å². The van der Waals surface area contributed by atoms with E-state index in [0.29, 0.717) is 11.9 Å². The first-order valence-corrected chi connectivity index (χ1v) is 13.5. The maximum absolute atomic E-state index is 11.4. The fraction of sp³-hybridized carbons (Fsp3) is 0.538. The molecule has 0 bridgehead atoms. The number of carbonyl (C=O) groups excluding carboxylic acids is 1. The molecule has 4 N–H and O–H groups in total. The minimum atomic E-state index is -0.392. The molecule has 2 heterocycles. The third kappa shape index (κ3) is 8.37. The maximum Gasteiger partial charge on any atom is 0.407 e. The van der Waals surface area contributed by atoms with Crippen molar-refractivity contribution in [1.29, 1.82) is 0 Å². The second-order valence-corrected chi connectivity index (χ2v) is 10.7. The Hall–Kier alpha value is -2.85. The second-order valence-electron chi connectivity index (χ2n) is 10.0. The van der Waals surface area contributed by atoms with Crippen LogP contribution in [0.1, 0.15) is 65.4 Å². The van der Waals surface area contributed by atoms with Gasteiger partial charge < -0.3 is 15.4 Å². The third-order valence-electron chi connectivity index (χ3n) is 5.91. The molecule has 9 nitrogen and oxygen atoms in total. The highest BCUT2D eigenvalue weighted by Crippen LogP contribution is 2.24. The summed E-state index contributed by atoms with van der Waals surface area (Å²) in [4.78, 5) is 21.2. The Morgan fingerprint density at radius 2 is 1.97 bits per heavy atom. The van der Waals surface area contributed by atoms with Gasteiger partial charge in [-0.2, -0.15) is 10.1 Å². The fourth-order valence-corrected chi connectivity index (χ4v) is 4.47. The Labute approximate surface area is 218 Å². The Kier molecular flexibility index (Phi) is 9.95. The van der Waals surface area contributed by atoms with Gasteiger partial charge in [-0.1, -0.05) is 25.3 Å². The highest BCUT2D eigenvalue weighted by molar-refractivity contribution is 7.97. The molecule has 1 aromatic carbocycles. The topological polar surface area (TPSA) is 120 Å². The predicted molar refractivity (Wildman–Crippen MR) is 146 cm³/mol. The Bertz CT molecular complexity index is 1140. The smallest absolute Gasteiger partial charge is 0.407 e. The van der Waals surface area contributed by atoms with Crippen LogP contribution in [0.25, 0.3) is 11.0 Å². The largest absolute Gasteiger partial charge is 0.444 e. The number of hydrogen-bond donors (Lipinski definition) is 3. The lowest BCUT2D eigenvalue weighted by atomic mass is 9.89. The van der Waals surface area contributed by atoms with Crippen molar-refractivity contribution in [3.05, 3.63) is 36.2 Å². The van der Waals surface area contributed by atoms with E-state index in [1.54, 1.807) is 12.4 Å². The molecule has 3 aromatic rings. The number of aromatic nitrogens is 4. The average molecular weight is 514 g/mol. The lowest BCUT2D eigenvalue weighted by molar-refractivity contribution is 0.0515. The van der Waals surface area contributed by atoms with E-state index in [1.807, 2.05) is 57.5 Å². The van der Waals surface area contributed by atoms with Gasteiger partial charge in [0.15, 0.2) is 5.65 Å². The van der Waals surface area contributed by atoms with Crippen LogP contribution in [-0.4, -0.2) is 38.0 Å². The van der Waals surface area contributed by atoms with Crippen LogP contribution in [0.2, 0.25) is 0 Å². The number of anilines is 2. The van der Waals surface area contributed by atoms with E-state index in [9.17, 15) is 4.79 Å². The SMILES string of the molecule is CC(C)(C)OC(=O)NCC1CCCCC1.CCn1ncc2cnc(Nc3ccc(C)c(SN)c3)nc21. The highest BCUT2D eigenvalue weighted by Gasteiger charge is 2.18. The second kappa shape index (κ2) is 12.9. The van der Waals surface area contributed by atoms with Crippen LogP contribution in [0.4, 0.5) is 16.4 Å². The predicted octanol–water partition coefficient (Wildman–Crippen LogP) is 5.96. The standard InChI is InChI=1S/C14H16N6S.C12H23NO2/c1-3-20-13-10(8-17-20)7-16-14(19-13)18-11-5-4-9(2)12(6-11)21-15;1-12(2,3)15-11(14)13-9-10-7-5-4-6-8-10/h4-8H,3,15H2,1-2H3,(H,16,18,19);10H,4-9H2,1-3H3,(H,13,14). The van der Waals surface area contributed by atoms with E-state index in [2.05, 4.69) is 25.7 Å². The molecule has 1 saturated carbocycles. The molecule has 10 heteroatoms. The third-order valence-corrected chi connectivity index (χ3v) is 6.60. The molecule has 4 rings (SSSR count). The number of benzene rings is 1. The summed E-state index contributed by atoms with van der Waals surface area (Å²) in [5.74, 6) is 1.21. The summed E-state index contributed by atoms with van der Waals surface area (Å²) < 4.78 is 7.02. The number of carbonyl (C=O) groups is 1. The normalized spacial score (nSPS) is 14.2. The number of ether oxygens (including phenoxy) is 1. The number of alkyl carbamates (subject to hydrolysis) is 1. The molecule has 0 radical (unpaired) electrons. The Balaban J connectivity index is 0.000000214. The van der Waals surface area contributed by atoms with Crippen molar-refractivity contribution in [2.45, 2.75) is 83.8 Å². The van der Waals surface area contributed by atoms with E-state index in [-0.39, 0.29) is 6.09 Å². The summed E-state index contributed by atoms with van der Waals surface area (Å²) in [6, 6.07) is 6.00. The first-order valence-electron chi connectivity index (χ1n) is 12.6. The van der Waals surface area contributed by atoms with E-state index in [4.69, 9.17) is 9.88 Å². The van der Waals surface area contributed by atoms with E-state index >= 15 is 0 Å². The minimum absolute atomic E-state index is 0.284. The number of fused-ring (bicyclic) bond motifs is 1. The van der Waals surface area contributed by atoms with Crippen LogP contribution in [-0.2, 0) is 11.3 Å². The number of rotatable bonds is 6. The molecule has 0 aliphatic heterocycles. The summed E-state index contributed by atoms with van der Waals surface area (Å²) in [5.41, 5.74) is 2.50. The van der Waals surface area contributed by atoms with Gasteiger partial charge >= 0.3 is 6.09 Å². The van der Waals surface area contributed by atoms with Crippen molar-refractivity contribution >= 4 is 40.7 Å². The van der Waals surface area contributed by atoms with Gasteiger partial charge in [0, 0.05) is 29.9 Å². The first-order chi connectivity index (χ1) is 17.2. The Morgan fingerprint density at radius 3 is 2.64 bits per heavy atom. The molecule has 0 unspecified atom stereocenters. The van der Waals surface area contributed by atoms with Crippen LogP contribution in [0.3, 0.4) is 0 Å². The van der Waals surface area contributed by atoms with Gasteiger partial charge in [-0.3, -0.25) is 5.14 Å². The van der Waals surface area contributed by atoms with Crippen molar-refractivity contribution in [3.63, 3.8) is 0 Å². The number of aryl methyl sites for hydroxylation is 2. The summed E-state index contributed by atoms with van der Waals surface area (Å²) >= 11 is 1.24. The summed E-state index contributed by atoms with van der Waals surface area (Å²) in [6.07, 6.45) is 9.72. The zero-order valence-electron chi connectivity index (χ0n) is 22.0. The molecular formula is C26H39N7O2S. The van der Waals surface area contributed by atoms with E-state index < -0.39 is 5.60 Å². The Morgan fingerprint density at radius 1 is 1.22 bits per heavy atom. The monoisotopic (exact) mass is 513 g/mol. The fourth-order valence-electron chi connectivity index (χ4n) is 4.03. The van der Waals surface area contributed by atoms with Crippen molar-refractivity contribution in [2.75, 3.05) is 11.9 Å². The molecule has 1 aliphatic carbocycles. The maximum atomic E-state index is 11.4. The zero-order valence-corrected chi connectivity index (χ0v) is 22.8. The van der Waals surface area contributed by atoms with Gasteiger partial charge in [-0.15, -0.1) is 0 Å². The number of hydrogen-bond acceptors (Lipinski definition) is 8. The highest BCUT2D eigenvalue weighted by atomic mass is 32.2. The van der Waals surface area contributed by atoms with Crippen LogP contribution >= 0.6 is 11.9 Å². The van der Waals surface area contributed by atoms with E-state index in [0.717, 1.165) is 40.3 Å². The van der Waals surface area contributed by atoms with Crippen molar-refractivity contribution < 1.29 is 9.53 Å². The van der Waals surface area contributed by atoms with Gasteiger partial charge in [0.1, 0.15) is 5.60 Å². The number of nitrogens with zero attached hydrogens (tertiary/aromatic N) is 4. The summed E-state index contributed by atoms with van der Waals surface area (Å²) in [6.45, 7) is 11.3. The first kappa shape index (κ1) is 27.7. The average Bonchev–Trinajstić information content (AvgIpc) is 3.26. The zero-order chi connectivity index (χ0) is 26.1. The lowest BCUT2D eigenvalue weighted by Gasteiger charge is -2.24. The quantitative estimate of drug-likeness (QED) is 0.346. The minimum Gasteiger partial charge on any atom is -0.444 e. The molecule has 1 fully saturated rings. The molecule has 0 atom stereocenters. The number of nitrogens with one attached hydrogen (secondary N) is 2. The van der Waals surface area contributed by atoms with Gasteiger partial charge in [-0.05, 0) is 83.0 Å². The number of nitrogens with two attached hydrogens (primary N) is 1. The molecule has 0 spiro atoms. The molecule has 1 aliphatic rings. The van der Waals surface area contributed by atoms with Gasteiger partial charge in [-0.25, -0.2) is 14.5 Å². The molecule has 196 valence electrons. The molecular weight excluding hydrogens is 474 g/mol. The van der Waals surface area contributed by atoms with Gasteiger partial charge in [0.2, 0.25) is 5.95 Å². The number of amides is 1. The van der Waals surface area contributed by atoms with Crippen molar-refractivity contribution in [1.82, 2.24) is 25.1 Å². The molecule has 36 heavy (non-hydrogen) atoms. The lowest BCUT2D eigenvalue weighted by Crippen LogP contribution is -2.35. The van der Waals surface area contributed by atoms with E-state index in [1.165, 1.54) is 44.1 Å². The van der Waals surface area contributed by atoms with Crippen LogP contribution in [0, 0.1) is 12.8 Å². The van der Waals surface area contributed by atoms with Gasteiger partial charge in [0.25, 0.3) is 0 Å². The van der Waals surface area contributed by atoms with Crippen LogP contribution in [0.5, 0.6) is 0 Å². The van der Waals surface area contributed by atoms with Gasteiger partial charge in [0.05, 0.1) is 11.6 Å². The summed E-state index contributed by atoms with van der Waals surface area (Å²) in [7, 11) is 0. The summed E-state index contributed by atoms with van der Waals surface area (Å²) in [5, 5.41) is 16.9. The van der Waals surface area contributed by atoms with Crippen LogP contribution in [0.15, 0.2) is 35.5 Å². The molecule has 2 aromatic heterocycles. The molecule has 1 amide bonds. The van der Waals surface area contributed by atoms with Crippen molar-refractivity contribution in [2.24, 2.45) is 11.1 Å².